The Labute approximate surface area is 239 Å². The Hall–Kier alpha value is -5.06. The molecule has 2 aromatic carbocycles. The van der Waals surface area contributed by atoms with Gasteiger partial charge in [-0.15, -0.1) is 0 Å². The molecule has 3 aromatic heterocycles. The Morgan fingerprint density at radius 3 is 2.62 bits per heavy atom. The highest BCUT2D eigenvalue weighted by molar-refractivity contribution is 6.05. The number of imidazole rings is 1. The fraction of sp³-hybridized carbons (Fsp3) is 0.194. The van der Waals surface area contributed by atoms with Gasteiger partial charge in [0.25, 0.3) is 5.91 Å². The third-order valence-corrected chi connectivity index (χ3v) is 7.29. The average molecular weight is 570 g/mol. The van der Waals surface area contributed by atoms with Gasteiger partial charge in [0.2, 0.25) is 5.95 Å². The van der Waals surface area contributed by atoms with Crippen LogP contribution in [-0.2, 0) is 6.18 Å². The second-order valence-corrected chi connectivity index (χ2v) is 10.2. The lowest BCUT2D eigenvalue weighted by molar-refractivity contribution is -0.137. The number of pyridine rings is 1. The average Bonchev–Trinajstić information content (AvgIpc) is 3.43. The molecule has 0 spiro atoms. The van der Waals surface area contributed by atoms with Crippen LogP contribution in [0.15, 0.2) is 85.7 Å². The summed E-state index contributed by atoms with van der Waals surface area (Å²) in [6.07, 6.45) is 6.83. The van der Waals surface area contributed by atoms with Gasteiger partial charge in [-0.2, -0.15) is 13.2 Å². The molecular weight excluding hydrogens is 543 g/mol. The van der Waals surface area contributed by atoms with Crippen LogP contribution in [0.1, 0.15) is 52.4 Å². The maximum Gasteiger partial charge on any atom is 0.416 e. The third-order valence-electron chi connectivity index (χ3n) is 7.29. The summed E-state index contributed by atoms with van der Waals surface area (Å²) in [5.41, 5.74) is 3.42. The lowest BCUT2D eigenvalue weighted by atomic mass is 9.83. The summed E-state index contributed by atoms with van der Waals surface area (Å²) in [5.74, 6) is 0.0964. The van der Waals surface area contributed by atoms with Crippen molar-refractivity contribution in [2.45, 2.75) is 38.3 Å². The molecule has 0 radical (unpaired) electrons. The number of carbonyl (C=O) groups is 1. The summed E-state index contributed by atoms with van der Waals surface area (Å²) in [6, 6.07) is 13.9. The number of aromatic nitrogens is 5. The van der Waals surface area contributed by atoms with E-state index in [1.54, 1.807) is 53.6 Å². The molecule has 8 nitrogen and oxygen atoms in total. The van der Waals surface area contributed by atoms with Crippen LogP contribution in [0.2, 0.25) is 0 Å². The Balaban J connectivity index is 1.25. The molecule has 42 heavy (non-hydrogen) atoms. The standard InChI is InChI=1S/C31H26F3N7O/c1-19-7-8-21(12-27(19)40-30-36-11-9-26(39-30)22-6-3-10-35-16-22)29(42)38-24-13-23(31(32,33)34)14-25(15-24)41-17-28(37-18-41)20-4-2-5-20/h3,6-18,20H,2,4-5H2,1H3,(H,38,42)(H,36,39,40). The van der Waals surface area contributed by atoms with Crippen molar-refractivity contribution in [3.05, 3.63) is 108 Å². The van der Waals surface area contributed by atoms with Crippen molar-refractivity contribution in [3.8, 4) is 16.9 Å². The largest absolute Gasteiger partial charge is 0.416 e. The Bertz CT molecular complexity index is 1750. The predicted molar refractivity (Wildman–Crippen MR) is 153 cm³/mol. The zero-order chi connectivity index (χ0) is 29.3. The fourth-order valence-electron chi connectivity index (χ4n) is 4.71. The number of benzene rings is 2. The second kappa shape index (κ2) is 11.1. The van der Waals surface area contributed by atoms with Gasteiger partial charge in [-0.1, -0.05) is 12.5 Å². The monoisotopic (exact) mass is 569 g/mol. The SMILES string of the molecule is Cc1ccc(C(=O)Nc2cc(-n3cnc(C4CCC4)c3)cc(C(F)(F)F)c2)cc1Nc1nccc(-c2cccnc2)n1. The minimum atomic E-state index is -4.60. The number of hydrogen-bond acceptors (Lipinski definition) is 6. The van der Waals surface area contributed by atoms with Crippen LogP contribution in [0.4, 0.5) is 30.5 Å². The summed E-state index contributed by atoms with van der Waals surface area (Å²) in [5, 5.41) is 5.78. The van der Waals surface area contributed by atoms with Crippen LogP contribution in [-0.4, -0.2) is 30.4 Å². The molecule has 11 heteroatoms. The smallest absolute Gasteiger partial charge is 0.324 e. The zero-order valence-corrected chi connectivity index (χ0v) is 22.6. The molecule has 1 amide bonds. The van der Waals surface area contributed by atoms with Crippen LogP contribution < -0.4 is 10.6 Å². The molecule has 2 N–H and O–H groups in total. The highest BCUT2D eigenvalue weighted by atomic mass is 19.4. The fourth-order valence-corrected chi connectivity index (χ4v) is 4.71. The van der Waals surface area contributed by atoms with Crippen LogP contribution in [0.5, 0.6) is 0 Å². The summed E-state index contributed by atoms with van der Waals surface area (Å²) in [4.78, 5) is 30.6. The third kappa shape index (κ3) is 5.85. The van der Waals surface area contributed by atoms with Crippen LogP contribution >= 0.6 is 0 Å². The number of rotatable bonds is 7. The Kier molecular flexibility index (Phi) is 7.15. The number of nitrogens with zero attached hydrogens (tertiary/aromatic N) is 5. The van der Waals surface area contributed by atoms with Gasteiger partial charge in [0, 0.05) is 58.9 Å². The van der Waals surface area contributed by atoms with Gasteiger partial charge in [-0.05, 0) is 73.9 Å². The molecule has 1 saturated carbocycles. The molecule has 3 heterocycles. The van der Waals surface area contributed by atoms with E-state index in [-0.39, 0.29) is 16.9 Å². The first kappa shape index (κ1) is 27.1. The number of anilines is 3. The number of halogens is 3. The van der Waals surface area contributed by atoms with E-state index in [4.69, 9.17) is 0 Å². The summed E-state index contributed by atoms with van der Waals surface area (Å²) < 4.78 is 43.0. The number of nitrogens with one attached hydrogen (secondary N) is 2. The molecular formula is C31H26F3N7O. The number of aryl methyl sites for hydroxylation is 1. The molecule has 1 aliphatic carbocycles. The molecule has 0 bridgehead atoms. The van der Waals surface area contributed by atoms with Gasteiger partial charge in [0.05, 0.1) is 23.3 Å². The minimum absolute atomic E-state index is 0.0197. The summed E-state index contributed by atoms with van der Waals surface area (Å²) in [6.45, 7) is 1.86. The van der Waals surface area contributed by atoms with E-state index in [2.05, 4.69) is 30.6 Å². The normalized spacial score (nSPS) is 13.4. The van der Waals surface area contributed by atoms with E-state index < -0.39 is 17.6 Å². The quantitative estimate of drug-likeness (QED) is 0.213. The Morgan fingerprint density at radius 2 is 1.88 bits per heavy atom. The highest BCUT2D eigenvalue weighted by Gasteiger charge is 2.32. The first-order valence-electron chi connectivity index (χ1n) is 13.4. The highest BCUT2D eigenvalue weighted by Crippen LogP contribution is 2.37. The molecule has 0 saturated heterocycles. The number of alkyl halides is 3. The molecule has 1 fully saturated rings. The van der Waals surface area contributed by atoms with Crippen LogP contribution in [0.3, 0.4) is 0 Å². The van der Waals surface area contributed by atoms with Crippen molar-refractivity contribution in [1.29, 1.82) is 0 Å². The van der Waals surface area contributed by atoms with Crippen LogP contribution in [0, 0.1) is 6.92 Å². The molecule has 6 rings (SSSR count). The van der Waals surface area contributed by atoms with Gasteiger partial charge < -0.3 is 15.2 Å². The van der Waals surface area contributed by atoms with E-state index in [1.165, 1.54) is 12.4 Å². The van der Waals surface area contributed by atoms with E-state index in [0.29, 0.717) is 23.2 Å². The lowest BCUT2D eigenvalue weighted by Crippen LogP contribution is -2.14. The number of amides is 1. The minimum Gasteiger partial charge on any atom is -0.324 e. The van der Waals surface area contributed by atoms with Gasteiger partial charge >= 0.3 is 6.18 Å². The van der Waals surface area contributed by atoms with Crippen molar-refractivity contribution in [1.82, 2.24) is 24.5 Å². The molecule has 0 atom stereocenters. The van der Waals surface area contributed by atoms with Crippen molar-refractivity contribution < 1.29 is 18.0 Å². The molecule has 212 valence electrons. The molecule has 1 aliphatic rings. The van der Waals surface area contributed by atoms with E-state index >= 15 is 0 Å². The van der Waals surface area contributed by atoms with E-state index in [9.17, 15) is 18.0 Å². The Morgan fingerprint density at radius 1 is 1.02 bits per heavy atom. The maximum atomic E-state index is 13.8. The first-order valence-corrected chi connectivity index (χ1v) is 13.4. The molecule has 5 aromatic rings. The van der Waals surface area contributed by atoms with E-state index in [0.717, 1.165) is 48.2 Å². The summed E-state index contributed by atoms with van der Waals surface area (Å²) >= 11 is 0. The summed E-state index contributed by atoms with van der Waals surface area (Å²) in [7, 11) is 0. The van der Waals surface area contributed by atoms with Crippen molar-refractivity contribution in [2.24, 2.45) is 0 Å². The topological polar surface area (TPSA) is 97.6 Å². The van der Waals surface area contributed by atoms with E-state index in [1.807, 2.05) is 19.1 Å². The molecule has 0 unspecified atom stereocenters. The van der Waals surface area contributed by atoms with Crippen molar-refractivity contribution in [3.63, 3.8) is 0 Å². The predicted octanol–water partition coefficient (Wildman–Crippen LogP) is 7.31. The zero-order valence-electron chi connectivity index (χ0n) is 22.6. The van der Waals surface area contributed by atoms with Gasteiger partial charge in [-0.3, -0.25) is 9.78 Å². The maximum absolute atomic E-state index is 13.8. The first-order chi connectivity index (χ1) is 20.2. The van der Waals surface area contributed by atoms with Gasteiger partial charge in [-0.25, -0.2) is 15.0 Å². The van der Waals surface area contributed by atoms with Crippen molar-refractivity contribution >= 4 is 23.2 Å². The lowest BCUT2D eigenvalue weighted by Gasteiger charge is -2.22. The van der Waals surface area contributed by atoms with Gasteiger partial charge in [0.1, 0.15) is 0 Å². The second-order valence-electron chi connectivity index (χ2n) is 10.2. The van der Waals surface area contributed by atoms with Gasteiger partial charge in [0.15, 0.2) is 0 Å². The van der Waals surface area contributed by atoms with Crippen LogP contribution in [0.25, 0.3) is 16.9 Å². The molecule has 0 aliphatic heterocycles. The number of hydrogen-bond donors (Lipinski definition) is 2. The number of carbonyl (C=O) groups excluding carboxylic acids is 1. The van der Waals surface area contributed by atoms with Crippen molar-refractivity contribution in [2.75, 3.05) is 10.6 Å².